The number of benzene rings is 1. The van der Waals surface area contributed by atoms with Crippen LogP contribution < -0.4 is 15.5 Å². The maximum absolute atomic E-state index is 12.4. The lowest BCUT2D eigenvalue weighted by Gasteiger charge is -2.27. The highest BCUT2D eigenvalue weighted by atomic mass is 16.4. The molecule has 7 nitrogen and oxygen atoms in total. The molecule has 1 aromatic carbocycles. The first kappa shape index (κ1) is 17.8. The van der Waals surface area contributed by atoms with E-state index in [9.17, 15) is 19.5 Å². The molecule has 1 atom stereocenters. The average Bonchev–Trinajstić information content (AvgIpc) is 2.54. The molecule has 1 aromatic rings. The van der Waals surface area contributed by atoms with Gasteiger partial charge < -0.3 is 15.7 Å². The summed E-state index contributed by atoms with van der Waals surface area (Å²) in [4.78, 5) is 37.1. The highest BCUT2D eigenvalue weighted by molar-refractivity contribution is 5.99. The van der Waals surface area contributed by atoms with Crippen LogP contribution in [-0.4, -0.2) is 42.1 Å². The van der Waals surface area contributed by atoms with Crippen LogP contribution in [0.1, 0.15) is 37.0 Å². The number of nitrogens with one attached hydrogen (secondary N) is 2. The molecule has 1 aliphatic rings. The van der Waals surface area contributed by atoms with E-state index in [0.717, 1.165) is 6.42 Å². The van der Waals surface area contributed by atoms with Crippen molar-refractivity contribution in [1.29, 1.82) is 0 Å². The van der Waals surface area contributed by atoms with E-state index in [1.54, 1.807) is 29.2 Å². The minimum atomic E-state index is -1.05. The van der Waals surface area contributed by atoms with Crippen molar-refractivity contribution in [2.75, 3.05) is 18.0 Å². The molecule has 0 aliphatic carbocycles. The van der Waals surface area contributed by atoms with Crippen LogP contribution in [0.15, 0.2) is 24.3 Å². The van der Waals surface area contributed by atoms with E-state index in [1.165, 1.54) is 0 Å². The number of anilines is 1. The Kier molecular flexibility index (Phi) is 5.78. The standard InChI is InChI=1S/C17H23N3O4/c1-11(2)9-14(16(22)23)19-15(21)12-5-3-6-13(10-12)20-8-4-7-18-17(20)24/h3,5-6,10-11,14H,4,7-9H2,1-2H3,(H,18,24)(H,19,21)(H,22,23). The number of hydrogen-bond donors (Lipinski definition) is 3. The zero-order valence-corrected chi connectivity index (χ0v) is 13.9. The number of hydrogen-bond acceptors (Lipinski definition) is 3. The molecule has 0 radical (unpaired) electrons. The second-order valence-electron chi connectivity index (χ2n) is 6.28. The molecule has 0 aromatic heterocycles. The fourth-order valence-electron chi connectivity index (χ4n) is 2.63. The first-order chi connectivity index (χ1) is 11.4. The molecule has 130 valence electrons. The van der Waals surface area contributed by atoms with Crippen molar-refractivity contribution < 1.29 is 19.5 Å². The molecule has 1 fully saturated rings. The Labute approximate surface area is 141 Å². The third-order valence-corrected chi connectivity index (χ3v) is 3.81. The summed E-state index contributed by atoms with van der Waals surface area (Å²) < 4.78 is 0. The van der Waals surface area contributed by atoms with Crippen LogP contribution in [-0.2, 0) is 4.79 Å². The molecule has 2 rings (SSSR count). The summed E-state index contributed by atoms with van der Waals surface area (Å²) in [5, 5.41) is 14.5. The van der Waals surface area contributed by atoms with Crippen LogP contribution in [0.25, 0.3) is 0 Å². The number of carboxylic acids is 1. The number of rotatable bonds is 6. The third kappa shape index (κ3) is 4.47. The fourth-order valence-corrected chi connectivity index (χ4v) is 2.63. The Hall–Kier alpha value is -2.57. The van der Waals surface area contributed by atoms with Crippen molar-refractivity contribution in [3.63, 3.8) is 0 Å². The van der Waals surface area contributed by atoms with E-state index < -0.39 is 17.9 Å². The summed E-state index contributed by atoms with van der Waals surface area (Å²) in [5.41, 5.74) is 0.955. The Bertz CT molecular complexity index is 630. The van der Waals surface area contributed by atoms with Crippen molar-refractivity contribution in [1.82, 2.24) is 10.6 Å². The number of carbonyl (C=O) groups excluding carboxylic acids is 2. The second kappa shape index (κ2) is 7.81. The Morgan fingerprint density at radius 1 is 1.38 bits per heavy atom. The molecule has 0 bridgehead atoms. The summed E-state index contributed by atoms with van der Waals surface area (Å²) in [6.07, 6.45) is 1.19. The van der Waals surface area contributed by atoms with E-state index in [1.807, 2.05) is 13.8 Å². The molecular weight excluding hydrogens is 310 g/mol. The second-order valence-corrected chi connectivity index (χ2v) is 6.28. The van der Waals surface area contributed by atoms with Gasteiger partial charge in [0.1, 0.15) is 6.04 Å². The number of carbonyl (C=O) groups is 3. The average molecular weight is 333 g/mol. The quantitative estimate of drug-likeness (QED) is 0.739. The normalized spacial score (nSPS) is 15.8. The fraction of sp³-hybridized carbons (Fsp3) is 0.471. The zero-order chi connectivity index (χ0) is 17.7. The predicted octanol–water partition coefficient (Wildman–Crippen LogP) is 1.84. The van der Waals surface area contributed by atoms with Gasteiger partial charge in [-0.05, 0) is 37.0 Å². The van der Waals surface area contributed by atoms with Crippen LogP contribution in [0.3, 0.4) is 0 Å². The number of urea groups is 1. The summed E-state index contributed by atoms with van der Waals surface area (Å²) in [6.45, 7) is 5.03. The lowest BCUT2D eigenvalue weighted by Crippen LogP contribution is -2.46. The van der Waals surface area contributed by atoms with Gasteiger partial charge in [0.2, 0.25) is 0 Å². The van der Waals surface area contributed by atoms with Crippen molar-refractivity contribution in [3.8, 4) is 0 Å². The predicted molar refractivity (Wildman–Crippen MR) is 90.1 cm³/mol. The molecule has 0 saturated carbocycles. The Balaban J connectivity index is 2.13. The van der Waals surface area contributed by atoms with Gasteiger partial charge in [0.15, 0.2) is 0 Å². The molecule has 7 heteroatoms. The summed E-state index contributed by atoms with van der Waals surface area (Å²) in [5.74, 6) is -1.36. The van der Waals surface area contributed by atoms with Gasteiger partial charge >= 0.3 is 12.0 Å². The highest BCUT2D eigenvalue weighted by Crippen LogP contribution is 2.19. The maximum atomic E-state index is 12.4. The van der Waals surface area contributed by atoms with E-state index in [4.69, 9.17) is 0 Å². The molecule has 3 amide bonds. The first-order valence-electron chi connectivity index (χ1n) is 8.07. The van der Waals surface area contributed by atoms with Gasteiger partial charge in [0.25, 0.3) is 5.91 Å². The topological polar surface area (TPSA) is 98.7 Å². The van der Waals surface area contributed by atoms with Crippen LogP contribution >= 0.6 is 0 Å². The van der Waals surface area contributed by atoms with E-state index >= 15 is 0 Å². The van der Waals surface area contributed by atoms with Crippen molar-refractivity contribution in [3.05, 3.63) is 29.8 Å². The number of aliphatic carboxylic acids is 1. The molecule has 1 unspecified atom stereocenters. The largest absolute Gasteiger partial charge is 0.480 e. The van der Waals surface area contributed by atoms with Crippen LogP contribution in [0.4, 0.5) is 10.5 Å². The summed E-state index contributed by atoms with van der Waals surface area (Å²) in [7, 11) is 0. The number of amides is 3. The zero-order valence-electron chi connectivity index (χ0n) is 13.9. The van der Waals surface area contributed by atoms with Gasteiger partial charge in [-0.1, -0.05) is 19.9 Å². The van der Waals surface area contributed by atoms with Gasteiger partial charge in [-0.25, -0.2) is 9.59 Å². The van der Waals surface area contributed by atoms with Gasteiger partial charge in [-0.2, -0.15) is 0 Å². The smallest absolute Gasteiger partial charge is 0.326 e. The molecule has 0 spiro atoms. The third-order valence-electron chi connectivity index (χ3n) is 3.81. The summed E-state index contributed by atoms with van der Waals surface area (Å²) >= 11 is 0. The van der Waals surface area contributed by atoms with Gasteiger partial charge in [0, 0.05) is 24.3 Å². The van der Waals surface area contributed by atoms with Crippen LogP contribution in [0.2, 0.25) is 0 Å². The molecule has 3 N–H and O–H groups in total. The minimum Gasteiger partial charge on any atom is -0.480 e. The van der Waals surface area contributed by atoms with Crippen molar-refractivity contribution >= 4 is 23.6 Å². The highest BCUT2D eigenvalue weighted by Gasteiger charge is 2.23. The van der Waals surface area contributed by atoms with E-state index in [-0.39, 0.29) is 11.9 Å². The Morgan fingerprint density at radius 2 is 2.12 bits per heavy atom. The lowest BCUT2D eigenvalue weighted by molar-refractivity contribution is -0.139. The SMILES string of the molecule is CC(C)CC(NC(=O)c1cccc(N2CCCNC2=O)c1)C(=O)O. The van der Waals surface area contributed by atoms with Gasteiger partial charge in [-0.3, -0.25) is 9.69 Å². The van der Waals surface area contributed by atoms with Gasteiger partial charge in [-0.15, -0.1) is 0 Å². The first-order valence-corrected chi connectivity index (χ1v) is 8.07. The van der Waals surface area contributed by atoms with Gasteiger partial charge in [0.05, 0.1) is 0 Å². The molecule has 1 saturated heterocycles. The van der Waals surface area contributed by atoms with E-state index in [2.05, 4.69) is 10.6 Å². The minimum absolute atomic E-state index is 0.148. The Morgan fingerprint density at radius 3 is 2.75 bits per heavy atom. The maximum Gasteiger partial charge on any atom is 0.326 e. The molecule has 1 heterocycles. The molecule has 24 heavy (non-hydrogen) atoms. The van der Waals surface area contributed by atoms with Crippen molar-refractivity contribution in [2.24, 2.45) is 5.92 Å². The van der Waals surface area contributed by atoms with E-state index in [0.29, 0.717) is 30.8 Å². The number of nitrogens with zero attached hydrogens (tertiary/aromatic N) is 1. The monoisotopic (exact) mass is 333 g/mol. The van der Waals surface area contributed by atoms with Crippen molar-refractivity contribution in [2.45, 2.75) is 32.7 Å². The molecule has 1 aliphatic heterocycles. The number of carboxylic acid groups (broad SMARTS) is 1. The van der Waals surface area contributed by atoms with Crippen LogP contribution in [0, 0.1) is 5.92 Å². The summed E-state index contributed by atoms with van der Waals surface area (Å²) in [6, 6.07) is 5.53. The molecular formula is C17H23N3O4. The van der Waals surface area contributed by atoms with Crippen LogP contribution in [0.5, 0.6) is 0 Å². The lowest BCUT2D eigenvalue weighted by atomic mass is 10.0.